The Morgan fingerprint density at radius 1 is 1.46 bits per heavy atom. The van der Waals surface area contributed by atoms with Gasteiger partial charge in [-0.2, -0.15) is 0 Å². The molecule has 4 nitrogen and oxygen atoms in total. The second-order valence-corrected chi connectivity index (χ2v) is 2.60. The molecule has 0 amide bonds. The number of aldehydes is 1. The minimum absolute atomic E-state index is 0.0811. The molecule has 0 saturated heterocycles. The summed E-state index contributed by atoms with van der Waals surface area (Å²) in [5.41, 5.74) is 0.184. The number of hydrogen-bond donors (Lipinski definition) is 0. The topological polar surface area (TPSA) is 60.4 Å². The fraction of sp³-hybridized carbons (Fsp3) is 0.444. The Morgan fingerprint density at radius 2 is 2.08 bits per heavy atom. The first-order valence-electron chi connectivity index (χ1n) is 3.92. The van der Waals surface area contributed by atoms with Gasteiger partial charge in [-0.15, -0.1) is 0 Å². The first-order valence-corrected chi connectivity index (χ1v) is 3.92. The highest BCUT2D eigenvalue weighted by atomic mass is 16.6. The Labute approximate surface area is 76.6 Å². The number of rotatable bonds is 5. The Balaban J connectivity index is 3.68. The van der Waals surface area contributed by atoms with Crippen LogP contribution in [0.4, 0.5) is 0 Å². The van der Waals surface area contributed by atoms with Crippen LogP contribution in [0.2, 0.25) is 0 Å². The van der Waals surface area contributed by atoms with Crippen molar-refractivity contribution >= 4 is 18.2 Å². The molecule has 0 aromatic heterocycles. The van der Waals surface area contributed by atoms with Crippen LogP contribution < -0.4 is 0 Å². The van der Waals surface area contributed by atoms with Gasteiger partial charge in [0.2, 0.25) is 0 Å². The Kier molecular flexibility index (Phi) is 5.43. The van der Waals surface area contributed by atoms with Crippen LogP contribution in [-0.4, -0.2) is 18.2 Å². The van der Waals surface area contributed by atoms with E-state index in [9.17, 15) is 14.4 Å². The smallest absolute Gasteiger partial charge is 0.340 e. The molecule has 0 aromatic carbocycles. The zero-order valence-electron chi connectivity index (χ0n) is 7.54. The van der Waals surface area contributed by atoms with Crippen LogP contribution in [0.5, 0.6) is 0 Å². The van der Waals surface area contributed by atoms with Gasteiger partial charge in [0.05, 0.1) is 0 Å². The maximum atomic E-state index is 10.8. The van der Waals surface area contributed by atoms with Gasteiger partial charge in [0.15, 0.2) is 0 Å². The summed E-state index contributed by atoms with van der Waals surface area (Å²) in [6.45, 7) is 4.78. The normalized spacial score (nSPS) is 9.00. The largest absolute Gasteiger partial charge is 0.390 e. The van der Waals surface area contributed by atoms with E-state index in [1.807, 2.05) is 0 Å². The van der Waals surface area contributed by atoms with Gasteiger partial charge in [0, 0.05) is 18.4 Å². The summed E-state index contributed by atoms with van der Waals surface area (Å²) in [7, 11) is 0. The van der Waals surface area contributed by atoms with Crippen molar-refractivity contribution in [2.75, 3.05) is 0 Å². The monoisotopic (exact) mass is 184 g/mol. The van der Waals surface area contributed by atoms with Crippen LogP contribution >= 0.6 is 0 Å². The molecular weight excluding hydrogens is 172 g/mol. The van der Waals surface area contributed by atoms with Crippen molar-refractivity contribution in [3.63, 3.8) is 0 Å². The van der Waals surface area contributed by atoms with Gasteiger partial charge in [-0.05, 0) is 13.3 Å². The molecule has 0 rings (SSSR count). The third kappa shape index (κ3) is 5.78. The van der Waals surface area contributed by atoms with Gasteiger partial charge in [0.25, 0.3) is 0 Å². The van der Waals surface area contributed by atoms with Crippen molar-refractivity contribution < 1.29 is 19.1 Å². The first kappa shape index (κ1) is 11.6. The molecule has 0 saturated carbocycles. The highest BCUT2D eigenvalue weighted by Gasteiger charge is 2.09. The Morgan fingerprint density at radius 3 is 2.54 bits per heavy atom. The average Bonchev–Trinajstić information content (AvgIpc) is 2.04. The quantitative estimate of drug-likeness (QED) is 0.210. The van der Waals surface area contributed by atoms with Crippen molar-refractivity contribution in [1.82, 2.24) is 0 Å². The fourth-order valence-corrected chi connectivity index (χ4v) is 0.571. The molecule has 0 aromatic rings. The fourth-order valence-electron chi connectivity index (χ4n) is 0.571. The van der Waals surface area contributed by atoms with Crippen LogP contribution in [0, 0.1) is 0 Å². The van der Waals surface area contributed by atoms with Crippen molar-refractivity contribution in [1.29, 1.82) is 0 Å². The molecule has 0 fully saturated rings. The van der Waals surface area contributed by atoms with E-state index in [2.05, 4.69) is 11.3 Å². The molecule has 0 atom stereocenters. The highest BCUT2D eigenvalue weighted by Crippen LogP contribution is 1.99. The lowest BCUT2D eigenvalue weighted by molar-refractivity contribution is -0.156. The lowest BCUT2D eigenvalue weighted by Gasteiger charge is -2.00. The van der Waals surface area contributed by atoms with Crippen LogP contribution in [0.15, 0.2) is 12.2 Å². The molecule has 0 spiro atoms. The molecule has 0 radical (unpaired) electrons. The zero-order valence-corrected chi connectivity index (χ0v) is 7.54. The predicted molar refractivity (Wildman–Crippen MR) is 45.8 cm³/mol. The molecular formula is C9H12O4. The number of carbonyl (C=O) groups is 3. The number of carbonyl (C=O) groups excluding carboxylic acids is 3. The summed E-state index contributed by atoms with van der Waals surface area (Å²) >= 11 is 0. The Hall–Kier alpha value is -1.45. The van der Waals surface area contributed by atoms with Gasteiger partial charge in [-0.3, -0.25) is 4.79 Å². The van der Waals surface area contributed by atoms with E-state index in [0.29, 0.717) is 19.1 Å². The standard InChI is InChI=1S/C9H12O4/c1-7(2)9(12)13-8(11)5-3-4-6-10/h6H,1,3-5H2,2H3. The van der Waals surface area contributed by atoms with Crippen LogP contribution in [-0.2, 0) is 19.1 Å². The minimum Gasteiger partial charge on any atom is -0.390 e. The molecule has 0 aliphatic carbocycles. The van der Waals surface area contributed by atoms with Crippen molar-refractivity contribution in [3.8, 4) is 0 Å². The second kappa shape index (κ2) is 6.11. The van der Waals surface area contributed by atoms with Gasteiger partial charge >= 0.3 is 11.9 Å². The third-order valence-corrected chi connectivity index (χ3v) is 1.26. The van der Waals surface area contributed by atoms with Crippen LogP contribution in [0.3, 0.4) is 0 Å². The van der Waals surface area contributed by atoms with Crippen LogP contribution in [0.25, 0.3) is 0 Å². The average molecular weight is 184 g/mol. The van der Waals surface area contributed by atoms with Crippen LogP contribution in [0.1, 0.15) is 26.2 Å². The van der Waals surface area contributed by atoms with Crippen molar-refractivity contribution in [3.05, 3.63) is 12.2 Å². The van der Waals surface area contributed by atoms with Gasteiger partial charge in [-0.1, -0.05) is 6.58 Å². The van der Waals surface area contributed by atoms with E-state index in [0.717, 1.165) is 0 Å². The highest BCUT2D eigenvalue weighted by molar-refractivity contribution is 5.95. The predicted octanol–water partition coefficient (Wildman–Crippen LogP) is 1.00. The lowest BCUT2D eigenvalue weighted by atomic mass is 10.2. The summed E-state index contributed by atoms with van der Waals surface area (Å²) in [5, 5.41) is 0. The van der Waals surface area contributed by atoms with E-state index in [1.165, 1.54) is 6.92 Å². The number of unbranched alkanes of at least 4 members (excludes halogenated alkanes) is 1. The molecule has 0 aliphatic rings. The van der Waals surface area contributed by atoms with Gasteiger partial charge in [-0.25, -0.2) is 4.79 Å². The number of esters is 2. The minimum atomic E-state index is -0.712. The summed E-state index contributed by atoms with van der Waals surface area (Å²) < 4.78 is 4.37. The van der Waals surface area contributed by atoms with E-state index in [4.69, 9.17) is 0 Å². The van der Waals surface area contributed by atoms with Gasteiger partial charge in [0.1, 0.15) is 6.29 Å². The maximum absolute atomic E-state index is 10.8. The lowest BCUT2D eigenvalue weighted by Crippen LogP contribution is -2.12. The van der Waals surface area contributed by atoms with E-state index >= 15 is 0 Å². The summed E-state index contributed by atoms with van der Waals surface area (Å²) in [5.74, 6) is -1.33. The SMILES string of the molecule is C=C(C)C(=O)OC(=O)CCCC=O. The third-order valence-electron chi connectivity index (χ3n) is 1.26. The molecule has 72 valence electrons. The van der Waals surface area contributed by atoms with Gasteiger partial charge < -0.3 is 9.53 Å². The van der Waals surface area contributed by atoms with E-state index in [-0.39, 0.29) is 12.0 Å². The summed E-state index contributed by atoms with van der Waals surface area (Å²) in [6.07, 6.45) is 1.51. The molecule has 0 heterocycles. The zero-order chi connectivity index (χ0) is 10.3. The summed E-state index contributed by atoms with van der Waals surface area (Å²) in [4.78, 5) is 31.5. The second-order valence-electron chi connectivity index (χ2n) is 2.60. The number of hydrogen-bond acceptors (Lipinski definition) is 4. The van der Waals surface area contributed by atoms with Crippen molar-refractivity contribution in [2.45, 2.75) is 26.2 Å². The molecule has 0 bridgehead atoms. The summed E-state index contributed by atoms with van der Waals surface area (Å²) in [6, 6.07) is 0. The molecule has 0 aliphatic heterocycles. The Bertz CT molecular complexity index is 230. The first-order chi connectivity index (χ1) is 6.07. The van der Waals surface area contributed by atoms with Crippen molar-refractivity contribution in [2.24, 2.45) is 0 Å². The molecule has 0 unspecified atom stereocenters. The molecule has 13 heavy (non-hydrogen) atoms. The molecule has 0 N–H and O–H groups in total. The van der Waals surface area contributed by atoms with E-state index < -0.39 is 11.9 Å². The maximum Gasteiger partial charge on any atom is 0.340 e. The number of ether oxygens (including phenoxy) is 1. The molecule has 4 heteroatoms. The van der Waals surface area contributed by atoms with E-state index in [1.54, 1.807) is 0 Å².